The molecule has 86 valence electrons. The molecule has 2 heterocycles. The first-order valence-electron chi connectivity index (χ1n) is 5.40. The van der Waals surface area contributed by atoms with Crippen LogP contribution in [-0.2, 0) is 0 Å². The van der Waals surface area contributed by atoms with Crippen molar-refractivity contribution in [3.8, 4) is 11.8 Å². The molecule has 0 saturated carbocycles. The van der Waals surface area contributed by atoms with Crippen molar-refractivity contribution >= 4 is 22.3 Å². The fourth-order valence-electron chi connectivity index (χ4n) is 1.62. The molecular weight excluding hydrogens is 244 g/mol. The Morgan fingerprint density at radius 2 is 2.00 bits per heavy atom. The summed E-state index contributed by atoms with van der Waals surface area (Å²) < 4.78 is 5.21. The first-order chi connectivity index (χ1) is 8.83. The first-order valence-corrected chi connectivity index (χ1v) is 6.34. The van der Waals surface area contributed by atoms with Gasteiger partial charge in [0, 0.05) is 16.3 Å². The van der Waals surface area contributed by atoms with Gasteiger partial charge < -0.3 is 4.42 Å². The number of thiophene rings is 1. The van der Waals surface area contributed by atoms with Crippen LogP contribution in [0.3, 0.4) is 0 Å². The van der Waals surface area contributed by atoms with Crippen LogP contribution in [0.1, 0.15) is 11.1 Å². The zero-order valence-electron chi connectivity index (χ0n) is 9.34. The van der Waals surface area contributed by atoms with Gasteiger partial charge in [0.05, 0.1) is 0 Å². The zero-order chi connectivity index (χ0) is 12.4. The lowest BCUT2D eigenvalue weighted by molar-refractivity contribution is 0.559. The Hall–Kier alpha value is -2.31. The largest absolute Gasteiger partial charge is 0.422 e. The van der Waals surface area contributed by atoms with Crippen molar-refractivity contribution < 1.29 is 4.42 Å². The van der Waals surface area contributed by atoms with Crippen molar-refractivity contribution in [3.05, 3.63) is 68.7 Å². The number of para-hydroxylation sites is 1. The van der Waals surface area contributed by atoms with E-state index in [1.807, 2.05) is 35.0 Å². The Balaban J connectivity index is 2.12. The maximum atomic E-state index is 11.7. The third kappa shape index (κ3) is 2.06. The lowest BCUT2D eigenvalue weighted by atomic mass is 10.2. The molecule has 0 unspecified atom stereocenters. The van der Waals surface area contributed by atoms with Gasteiger partial charge in [-0.2, -0.15) is 11.3 Å². The van der Waals surface area contributed by atoms with Gasteiger partial charge in [-0.3, -0.25) is 0 Å². The Morgan fingerprint density at radius 3 is 2.83 bits per heavy atom. The summed E-state index contributed by atoms with van der Waals surface area (Å²) in [5, 5.41) is 4.77. The predicted molar refractivity (Wildman–Crippen MR) is 72.8 cm³/mol. The van der Waals surface area contributed by atoms with E-state index in [0.29, 0.717) is 11.1 Å². The average molecular weight is 252 g/mol. The molecule has 2 nitrogen and oxygen atoms in total. The third-order valence-electron chi connectivity index (χ3n) is 2.50. The second kappa shape index (κ2) is 4.52. The predicted octanol–water partition coefficient (Wildman–Crippen LogP) is 3.25. The molecule has 0 aliphatic heterocycles. The monoisotopic (exact) mass is 252 g/mol. The fourth-order valence-corrected chi connectivity index (χ4v) is 2.21. The molecule has 0 bridgehead atoms. The van der Waals surface area contributed by atoms with Gasteiger partial charge in [-0.1, -0.05) is 30.0 Å². The minimum Gasteiger partial charge on any atom is -0.422 e. The van der Waals surface area contributed by atoms with E-state index in [2.05, 4.69) is 11.8 Å². The van der Waals surface area contributed by atoms with E-state index in [1.165, 1.54) is 0 Å². The molecule has 0 aliphatic carbocycles. The summed E-state index contributed by atoms with van der Waals surface area (Å²) in [4.78, 5) is 11.7. The van der Waals surface area contributed by atoms with Crippen LogP contribution in [0.25, 0.3) is 11.0 Å². The van der Waals surface area contributed by atoms with Crippen LogP contribution in [0.5, 0.6) is 0 Å². The molecular formula is C15H8O2S. The number of fused-ring (bicyclic) bond motifs is 1. The summed E-state index contributed by atoms with van der Waals surface area (Å²) in [7, 11) is 0. The minimum atomic E-state index is -0.392. The highest BCUT2D eigenvalue weighted by molar-refractivity contribution is 7.08. The highest BCUT2D eigenvalue weighted by atomic mass is 32.1. The molecule has 0 spiro atoms. The molecule has 1 aromatic carbocycles. The summed E-state index contributed by atoms with van der Waals surface area (Å²) >= 11 is 1.58. The minimum absolute atomic E-state index is 0.389. The lowest BCUT2D eigenvalue weighted by Gasteiger charge is -1.95. The van der Waals surface area contributed by atoms with Gasteiger partial charge in [0.2, 0.25) is 0 Å². The number of hydrogen-bond donors (Lipinski definition) is 0. The molecule has 3 rings (SSSR count). The van der Waals surface area contributed by atoms with Crippen molar-refractivity contribution in [1.29, 1.82) is 0 Å². The number of hydrogen-bond acceptors (Lipinski definition) is 3. The van der Waals surface area contributed by atoms with Gasteiger partial charge in [0.1, 0.15) is 11.1 Å². The van der Waals surface area contributed by atoms with Gasteiger partial charge >= 0.3 is 5.63 Å². The Morgan fingerprint density at radius 1 is 1.11 bits per heavy atom. The zero-order valence-corrected chi connectivity index (χ0v) is 10.2. The van der Waals surface area contributed by atoms with Gasteiger partial charge in [-0.25, -0.2) is 4.79 Å². The van der Waals surface area contributed by atoms with Crippen molar-refractivity contribution in [2.24, 2.45) is 0 Å². The molecule has 0 amide bonds. The van der Waals surface area contributed by atoms with E-state index in [4.69, 9.17) is 4.42 Å². The van der Waals surface area contributed by atoms with Crippen molar-refractivity contribution in [2.45, 2.75) is 0 Å². The maximum Gasteiger partial charge on any atom is 0.352 e. The van der Waals surface area contributed by atoms with E-state index in [1.54, 1.807) is 23.5 Å². The molecule has 3 heteroatoms. The van der Waals surface area contributed by atoms with E-state index < -0.39 is 5.63 Å². The number of benzene rings is 1. The van der Waals surface area contributed by atoms with Crippen LogP contribution in [-0.4, -0.2) is 0 Å². The smallest absolute Gasteiger partial charge is 0.352 e. The summed E-state index contributed by atoms with van der Waals surface area (Å²) in [6.45, 7) is 0. The van der Waals surface area contributed by atoms with Gasteiger partial charge in [-0.15, -0.1) is 0 Å². The molecule has 0 saturated heterocycles. The lowest BCUT2D eigenvalue weighted by Crippen LogP contribution is -2.03. The highest BCUT2D eigenvalue weighted by Gasteiger charge is 2.01. The molecule has 0 N–H and O–H groups in total. The molecule has 18 heavy (non-hydrogen) atoms. The molecule has 0 fully saturated rings. The Labute approximate surface area is 108 Å². The quantitative estimate of drug-likeness (QED) is 0.454. The Bertz CT molecular complexity index is 802. The molecule has 2 aromatic heterocycles. The molecule has 0 aliphatic rings. The van der Waals surface area contributed by atoms with E-state index in [9.17, 15) is 4.79 Å². The van der Waals surface area contributed by atoms with Crippen molar-refractivity contribution in [1.82, 2.24) is 0 Å². The summed E-state index contributed by atoms with van der Waals surface area (Å²) in [6.07, 6.45) is 0. The maximum absolute atomic E-state index is 11.7. The normalized spacial score (nSPS) is 10.0. The summed E-state index contributed by atoms with van der Waals surface area (Å²) in [5.41, 5.74) is 1.49. The fraction of sp³-hybridized carbons (Fsp3) is 0. The SMILES string of the molecule is O=c1oc2ccccc2cc1C#Cc1ccsc1. The van der Waals surface area contributed by atoms with Crippen molar-refractivity contribution in [3.63, 3.8) is 0 Å². The molecule has 0 radical (unpaired) electrons. The Kier molecular flexibility index (Phi) is 2.71. The van der Waals surface area contributed by atoms with Gasteiger partial charge in [-0.05, 0) is 23.6 Å². The first kappa shape index (κ1) is 10.8. The van der Waals surface area contributed by atoms with Gasteiger partial charge in [0.25, 0.3) is 0 Å². The average Bonchev–Trinajstić information content (AvgIpc) is 2.89. The topological polar surface area (TPSA) is 30.2 Å². The van der Waals surface area contributed by atoms with E-state index in [-0.39, 0.29) is 0 Å². The van der Waals surface area contributed by atoms with Gasteiger partial charge in [0.15, 0.2) is 0 Å². The van der Waals surface area contributed by atoms with Crippen LogP contribution >= 0.6 is 11.3 Å². The standard InChI is InChI=1S/C15H8O2S/c16-15-13(6-5-11-7-8-18-10-11)9-12-3-1-2-4-14(12)17-15/h1-4,7-10H. The summed E-state index contributed by atoms with van der Waals surface area (Å²) in [5.74, 6) is 5.80. The van der Waals surface area contributed by atoms with Crippen molar-refractivity contribution in [2.75, 3.05) is 0 Å². The summed E-state index contributed by atoms with van der Waals surface area (Å²) in [6, 6.07) is 11.1. The van der Waals surface area contributed by atoms with Crippen LogP contribution < -0.4 is 5.63 Å². The van der Waals surface area contributed by atoms with Crippen LogP contribution in [0.2, 0.25) is 0 Å². The van der Waals surface area contributed by atoms with E-state index in [0.717, 1.165) is 10.9 Å². The molecule has 0 atom stereocenters. The second-order valence-electron chi connectivity index (χ2n) is 3.75. The second-order valence-corrected chi connectivity index (χ2v) is 4.53. The van der Waals surface area contributed by atoms with Crippen LogP contribution in [0.15, 0.2) is 56.4 Å². The number of rotatable bonds is 0. The molecule has 3 aromatic rings. The van der Waals surface area contributed by atoms with Crippen LogP contribution in [0, 0.1) is 11.8 Å². The van der Waals surface area contributed by atoms with E-state index >= 15 is 0 Å². The third-order valence-corrected chi connectivity index (χ3v) is 3.19. The van der Waals surface area contributed by atoms with Crippen LogP contribution in [0.4, 0.5) is 0 Å². The highest BCUT2D eigenvalue weighted by Crippen LogP contribution is 2.12.